The van der Waals surface area contributed by atoms with Gasteiger partial charge in [0.25, 0.3) is 5.91 Å². The van der Waals surface area contributed by atoms with Crippen LogP contribution in [0.5, 0.6) is 11.5 Å². The number of aliphatic hydroxyl groups excluding tert-OH is 1. The summed E-state index contributed by atoms with van der Waals surface area (Å²) in [5.74, 6) is -0.714. The van der Waals surface area contributed by atoms with Crippen molar-refractivity contribution in [3.05, 3.63) is 53.6 Å². The van der Waals surface area contributed by atoms with Crippen LogP contribution in [0.2, 0.25) is 0 Å². The van der Waals surface area contributed by atoms with E-state index in [-0.39, 0.29) is 23.0 Å². The minimum absolute atomic E-state index is 0.0986. The van der Waals surface area contributed by atoms with Crippen LogP contribution in [0.3, 0.4) is 0 Å². The Balaban J connectivity index is 2.01. The molecule has 1 heterocycles. The lowest BCUT2D eigenvalue weighted by atomic mass is 9.98. The minimum atomic E-state index is -0.585. The first-order valence-corrected chi connectivity index (χ1v) is 6.69. The predicted octanol–water partition coefficient (Wildman–Crippen LogP) is 2.18. The zero-order valence-corrected chi connectivity index (χ0v) is 11.2. The second kappa shape index (κ2) is 5.10. The van der Waals surface area contributed by atoms with Crippen molar-refractivity contribution in [2.24, 2.45) is 0 Å². The highest BCUT2D eigenvalue weighted by Gasteiger charge is 2.29. The Kier molecular flexibility index (Phi) is 3.27. The van der Waals surface area contributed by atoms with Gasteiger partial charge in [0, 0.05) is 23.9 Å². The van der Waals surface area contributed by atoms with Gasteiger partial charge in [-0.05, 0) is 24.6 Å². The molecule has 0 aromatic heterocycles. The number of phenols is 2. The van der Waals surface area contributed by atoms with Crippen LogP contribution in [0.4, 0.5) is 5.69 Å². The standard InChI is InChI=1S/C16H15NO4/c18-10-5-6-12(15(20)9-10)16(21)17-8-7-14(19)11-3-1-2-4-13(11)17/h1-6,9,14,18-20H,7-8H2. The second-order valence-corrected chi connectivity index (χ2v) is 5.02. The third-order valence-corrected chi connectivity index (χ3v) is 3.67. The first-order chi connectivity index (χ1) is 10.1. The van der Waals surface area contributed by atoms with E-state index in [0.717, 1.165) is 6.07 Å². The van der Waals surface area contributed by atoms with Crippen molar-refractivity contribution in [2.75, 3.05) is 11.4 Å². The van der Waals surface area contributed by atoms with Crippen molar-refractivity contribution in [3.8, 4) is 11.5 Å². The second-order valence-electron chi connectivity index (χ2n) is 5.02. The van der Waals surface area contributed by atoms with E-state index < -0.39 is 6.10 Å². The molecule has 3 rings (SSSR count). The van der Waals surface area contributed by atoms with Gasteiger partial charge in [-0.25, -0.2) is 0 Å². The number of rotatable bonds is 1. The zero-order chi connectivity index (χ0) is 15.0. The van der Waals surface area contributed by atoms with Crippen LogP contribution < -0.4 is 4.90 Å². The number of aromatic hydroxyl groups is 2. The molecule has 0 saturated carbocycles. The van der Waals surface area contributed by atoms with Crippen molar-refractivity contribution in [3.63, 3.8) is 0 Å². The van der Waals surface area contributed by atoms with Gasteiger partial charge in [0.15, 0.2) is 0 Å². The molecule has 2 aromatic carbocycles. The van der Waals surface area contributed by atoms with Crippen molar-refractivity contribution >= 4 is 11.6 Å². The molecule has 0 fully saturated rings. The van der Waals surface area contributed by atoms with Gasteiger partial charge in [-0.15, -0.1) is 0 Å². The fourth-order valence-corrected chi connectivity index (χ4v) is 2.60. The number of aliphatic hydroxyl groups is 1. The summed E-state index contributed by atoms with van der Waals surface area (Å²) in [5.41, 5.74) is 1.48. The maximum atomic E-state index is 12.6. The van der Waals surface area contributed by atoms with Gasteiger partial charge >= 0.3 is 0 Å². The largest absolute Gasteiger partial charge is 0.508 e. The van der Waals surface area contributed by atoms with E-state index in [1.54, 1.807) is 18.2 Å². The Labute approximate surface area is 121 Å². The van der Waals surface area contributed by atoms with E-state index in [4.69, 9.17) is 0 Å². The number of fused-ring (bicyclic) bond motifs is 1. The summed E-state index contributed by atoms with van der Waals surface area (Å²) in [6, 6.07) is 11.1. The first-order valence-electron chi connectivity index (χ1n) is 6.69. The van der Waals surface area contributed by atoms with Crippen LogP contribution >= 0.6 is 0 Å². The number of phenolic OH excluding ortho intramolecular Hbond substituents is 2. The number of carbonyl (C=O) groups is 1. The summed E-state index contributed by atoms with van der Waals surface area (Å²) >= 11 is 0. The lowest BCUT2D eigenvalue weighted by molar-refractivity contribution is 0.0968. The van der Waals surface area contributed by atoms with Crippen molar-refractivity contribution in [1.29, 1.82) is 0 Å². The molecule has 0 bridgehead atoms. The van der Waals surface area contributed by atoms with Gasteiger partial charge in [-0.2, -0.15) is 0 Å². The average Bonchev–Trinajstić information content (AvgIpc) is 2.47. The lowest BCUT2D eigenvalue weighted by Crippen LogP contribution is -2.36. The topological polar surface area (TPSA) is 81.0 Å². The molecule has 0 spiro atoms. The van der Waals surface area contributed by atoms with Gasteiger partial charge in [0.2, 0.25) is 0 Å². The van der Waals surface area contributed by atoms with Crippen molar-refractivity contribution in [1.82, 2.24) is 0 Å². The molecule has 3 N–H and O–H groups in total. The maximum absolute atomic E-state index is 12.6. The molecule has 0 aliphatic carbocycles. The van der Waals surface area contributed by atoms with E-state index in [1.807, 2.05) is 6.07 Å². The molecule has 1 amide bonds. The quantitative estimate of drug-likeness (QED) is 0.750. The Hall–Kier alpha value is -2.53. The van der Waals surface area contributed by atoms with Crippen LogP contribution in [-0.2, 0) is 0 Å². The summed E-state index contributed by atoms with van der Waals surface area (Å²) in [6.45, 7) is 0.372. The predicted molar refractivity (Wildman–Crippen MR) is 77.5 cm³/mol. The van der Waals surface area contributed by atoms with Gasteiger partial charge in [-0.1, -0.05) is 18.2 Å². The lowest BCUT2D eigenvalue weighted by Gasteiger charge is -2.32. The maximum Gasteiger partial charge on any atom is 0.262 e. The summed E-state index contributed by atoms with van der Waals surface area (Å²) < 4.78 is 0. The molecule has 0 saturated heterocycles. The normalized spacial score (nSPS) is 17.4. The number of carbonyl (C=O) groups excluding carboxylic acids is 1. The Morgan fingerprint density at radius 1 is 1.14 bits per heavy atom. The van der Waals surface area contributed by atoms with Gasteiger partial charge in [0.05, 0.1) is 11.7 Å². The van der Waals surface area contributed by atoms with Crippen molar-refractivity contribution < 1.29 is 20.1 Å². The fourth-order valence-electron chi connectivity index (χ4n) is 2.60. The van der Waals surface area contributed by atoms with Gasteiger partial charge < -0.3 is 20.2 Å². The first kappa shape index (κ1) is 13.5. The minimum Gasteiger partial charge on any atom is -0.508 e. The molecular formula is C16H15NO4. The van der Waals surface area contributed by atoms with Gasteiger partial charge in [-0.3, -0.25) is 4.79 Å². The number of para-hydroxylation sites is 1. The smallest absolute Gasteiger partial charge is 0.262 e. The summed E-state index contributed by atoms with van der Waals surface area (Å²) in [4.78, 5) is 14.1. The van der Waals surface area contributed by atoms with Crippen LogP contribution in [-0.4, -0.2) is 27.8 Å². The Morgan fingerprint density at radius 3 is 2.67 bits per heavy atom. The van der Waals surface area contributed by atoms with Crippen LogP contribution in [0.1, 0.15) is 28.4 Å². The fraction of sp³-hybridized carbons (Fsp3) is 0.188. The molecule has 1 aliphatic heterocycles. The van der Waals surface area contributed by atoms with Crippen molar-refractivity contribution in [2.45, 2.75) is 12.5 Å². The monoisotopic (exact) mass is 285 g/mol. The van der Waals surface area contributed by atoms with E-state index in [9.17, 15) is 20.1 Å². The van der Waals surface area contributed by atoms with E-state index in [0.29, 0.717) is 24.2 Å². The Morgan fingerprint density at radius 2 is 1.90 bits per heavy atom. The van der Waals surface area contributed by atoms with E-state index in [2.05, 4.69) is 0 Å². The van der Waals surface area contributed by atoms with Crippen LogP contribution in [0.25, 0.3) is 0 Å². The summed E-state index contributed by atoms with van der Waals surface area (Å²) in [7, 11) is 0. The highest BCUT2D eigenvalue weighted by Crippen LogP contribution is 2.35. The van der Waals surface area contributed by atoms with E-state index >= 15 is 0 Å². The summed E-state index contributed by atoms with van der Waals surface area (Å²) in [6.07, 6.45) is -0.139. The SMILES string of the molecule is O=C(c1ccc(O)cc1O)N1CCC(O)c2ccccc21. The molecule has 0 radical (unpaired) electrons. The molecule has 5 heteroatoms. The average molecular weight is 285 g/mol. The zero-order valence-electron chi connectivity index (χ0n) is 11.2. The summed E-state index contributed by atoms with van der Waals surface area (Å²) in [5, 5.41) is 29.1. The molecule has 21 heavy (non-hydrogen) atoms. The van der Waals surface area contributed by atoms with Crippen LogP contribution in [0.15, 0.2) is 42.5 Å². The molecular weight excluding hydrogens is 270 g/mol. The number of anilines is 1. The molecule has 1 unspecified atom stereocenters. The third-order valence-electron chi connectivity index (χ3n) is 3.67. The molecule has 2 aromatic rings. The third kappa shape index (κ3) is 2.32. The highest BCUT2D eigenvalue weighted by atomic mass is 16.3. The number of hydrogen-bond donors (Lipinski definition) is 3. The molecule has 1 aliphatic rings. The number of nitrogens with zero attached hydrogens (tertiary/aromatic N) is 1. The number of amides is 1. The molecule has 108 valence electrons. The van der Waals surface area contributed by atoms with Crippen LogP contribution in [0, 0.1) is 0 Å². The van der Waals surface area contributed by atoms with Gasteiger partial charge in [0.1, 0.15) is 11.5 Å². The molecule has 1 atom stereocenters. The van der Waals surface area contributed by atoms with E-state index in [1.165, 1.54) is 17.0 Å². The highest BCUT2D eigenvalue weighted by molar-refractivity contribution is 6.08. The Bertz CT molecular complexity index is 698. The number of hydrogen-bond acceptors (Lipinski definition) is 4. The molecule has 5 nitrogen and oxygen atoms in total. The number of benzene rings is 2.